The number of hydrogen-bond acceptors (Lipinski definition) is 6. The molecule has 1 aromatic heterocycles. The molecule has 8 nitrogen and oxygen atoms in total. The van der Waals surface area contributed by atoms with Gasteiger partial charge in [0.1, 0.15) is 6.54 Å². The fraction of sp³-hybridized carbons (Fsp3) is 0.0500. The molecule has 1 N–H and O–H groups in total. The Kier molecular flexibility index (Phi) is 4.65. The second kappa shape index (κ2) is 7.28. The molecule has 3 aromatic rings. The molecule has 0 atom stereocenters. The third-order valence-electron chi connectivity index (χ3n) is 4.44. The standard InChI is InChI=1S/C20H14N4O4S/c1-12-15-7-2-3-8-16(15)19(26)23(12)10-18(25)22-20-21-17(11-29-20)13-5-4-6-14(9-13)24(27)28/h2-9,11H,1,10H2,(H,21,22,25). The molecule has 0 unspecified atom stereocenters. The van der Waals surface area contributed by atoms with Crippen LogP contribution in [0, 0.1) is 10.1 Å². The molecule has 4 rings (SSSR count). The number of nitrogens with zero attached hydrogens (tertiary/aromatic N) is 3. The highest BCUT2D eigenvalue weighted by atomic mass is 32.1. The van der Waals surface area contributed by atoms with Gasteiger partial charge < -0.3 is 5.32 Å². The van der Waals surface area contributed by atoms with E-state index in [-0.39, 0.29) is 18.1 Å². The van der Waals surface area contributed by atoms with Crippen LogP contribution in [0.2, 0.25) is 0 Å². The number of nitro groups is 1. The van der Waals surface area contributed by atoms with Crippen LogP contribution in [0.3, 0.4) is 0 Å². The number of nitrogens with one attached hydrogen (secondary N) is 1. The molecule has 1 aliphatic rings. The van der Waals surface area contributed by atoms with Crippen LogP contribution >= 0.6 is 11.3 Å². The number of hydrogen-bond donors (Lipinski definition) is 1. The normalized spacial score (nSPS) is 12.8. The summed E-state index contributed by atoms with van der Waals surface area (Å²) in [5, 5.41) is 15.6. The van der Waals surface area contributed by atoms with E-state index in [1.54, 1.807) is 35.7 Å². The fourth-order valence-electron chi connectivity index (χ4n) is 3.05. The van der Waals surface area contributed by atoms with Crippen LogP contribution in [0.4, 0.5) is 10.8 Å². The molecule has 1 aliphatic heterocycles. The Morgan fingerprint density at radius 1 is 1.21 bits per heavy atom. The minimum atomic E-state index is -0.476. The van der Waals surface area contributed by atoms with Crippen molar-refractivity contribution in [2.24, 2.45) is 0 Å². The number of carbonyl (C=O) groups is 2. The minimum absolute atomic E-state index is 0.0355. The summed E-state index contributed by atoms with van der Waals surface area (Å²) in [6, 6.07) is 13.2. The van der Waals surface area contributed by atoms with Crippen molar-refractivity contribution in [1.82, 2.24) is 9.88 Å². The van der Waals surface area contributed by atoms with Gasteiger partial charge in [-0.05, 0) is 6.07 Å². The molecule has 0 aliphatic carbocycles. The lowest BCUT2D eigenvalue weighted by molar-refractivity contribution is -0.384. The minimum Gasteiger partial charge on any atom is -0.300 e. The van der Waals surface area contributed by atoms with Gasteiger partial charge in [-0.15, -0.1) is 11.3 Å². The van der Waals surface area contributed by atoms with Crippen molar-refractivity contribution in [3.8, 4) is 11.3 Å². The molecule has 9 heteroatoms. The average molecular weight is 406 g/mol. The maximum absolute atomic E-state index is 12.5. The summed E-state index contributed by atoms with van der Waals surface area (Å²) in [5.41, 5.74) is 2.78. The smallest absolute Gasteiger partial charge is 0.270 e. The van der Waals surface area contributed by atoms with E-state index in [2.05, 4.69) is 16.9 Å². The van der Waals surface area contributed by atoms with Crippen LogP contribution in [0.5, 0.6) is 0 Å². The average Bonchev–Trinajstić information content (AvgIpc) is 3.27. The van der Waals surface area contributed by atoms with Crippen molar-refractivity contribution in [3.05, 3.63) is 81.7 Å². The number of benzene rings is 2. The van der Waals surface area contributed by atoms with E-state index >= 15 is 0 Å². The van der Waals surface area contributed by atoms with Crippen LogP contribution in [0.1, 0.15) is 15.9 Å². The summed E-state index contributed by atoms with van der Waals surface area (Å²) in [5.74, 6) is -0.676. The van der Waals surface area contributed by atoms with Gasteiger partial charge in [-0.3, -0.25) is 24.6 Å². The zero-order chi connectivity index (χ0) is 20.5. The molecule has 0 saturated heterocycles. The van der Waals surface area contributed by atoms with Crippen LogP contribution in [0.15, 0.2) is 60.5 Å². The topological polar surface area (TPSA) is 105 Å². The van der Waals surface area contributed by atoms with Gasteiger partial charge in [0.2, 0.25) is 5.91 Å². The van der Waals surface area contributed by atoms with Gasteiger partial charge in [-0.2, -0.15) is 0 Å². The highest BCUT2D eigenvalue weighted by Crippen LogP contribution is 2.31. The Bertz CT molecular complexity index is 1140. The number of fused-ring (bicyclic) bond motifs is 1. The summed E-state index contributed by atoms with van der Waals surface area (Å²) >= 11 is 1.20. The Balaban J connectivity index is 1.45. The number of rotatable bonds is 5. The van der Waals surface area contributed by atoms with Crippen molar-refractivity contribution < 1.29 is 14.5 Å². The maximum Gasteiger partial charge on any atom is 0.270 e. The highest BCUT2D eigenvalue weighted by molar-refractivity contribution is 7.14. The summed E-state index contributed by atoms with van der Waals surface area (Å²) in [4.78, 5) is 41.0. The first-order chi connectivity index (χ1) is 13.9. The molecular formula is C20H14N4O4S. The van der Waals surface area contributed by atoms with Gasteiger partial charge >= 0.3 is 0 Å². The van der Waals surface area contributed by atoms with Crippen molar-refractivity contribution in [3.63, 3.8) is 0 Å². The van der Waals surface area contributed by atoms with E-state index in [1.807, 2.05) is 6.07 Å². The highest BCUT2D eigenvalue weighted by Gasteiger charge is 2.32. The number of non-ortho nitro benzene ring substituents is 1. The molecule has 29 heavy (non-hydrogen) atoms. The van der Waals surface area contributed by atoms with Gasteiger partial charge in [0.25, 0.3) is 11.6 Å². The summed E-state index contributed by atoms with van der Waals surface area (Å²) in [7, 11) is 0. The second-order valence-electron chi connectivity index (χ2n) is 6.28. The quantitative estimate of drug-likeness (QED) is 0.513. The summed E-state index contributed by atoms with van der Waals surface area (Å²) in [6.45, 7) is 3.73. The Morgan fingerprint density at radius 3 is 2.69 bits per heavy atom. The van der Waals surface area contributed by atoms with Crippen molar-refractivity contribution in [2.75, 3.05) is 11.9 Å². The number of nitro benzene ring substituents is 1. The van der Waals surface area contributed by atoms with Crippen molar-refractivity contribution in [1.29, 1.82) is 0 Å². The molecule has 144 valence electrons. The van der Waals surface area contributed by atoms with Crippen LogP contribution in [0.25, 0.3) is 17.0 Å². The van der Waals surface area contributed by atoms with Gasteiger partial charge in [0.15, 0.2) is 5.13 Å². The summed E-state index contributed by atoms with van der Waals surface area (Å²) < 4.78 is 0. The Hall–Kier alpha value is -3.85. The predicted octanol–water partition coefficient (Wildman–Crippen LogP) is 3.78. The lowest BCUT2D eigenvalue weighted by Gasteiger charge is -2.16. The van der Waals surface area contributed by atoms with E-state index in [1.165, 1.54) is 28.4 Å². The first kappa shape index (κ1) is 18.5. The molecule has 2 amide bonds. The zero-order valence-electron chi connectivity index (χ0n) is 15.0. The van der Waals surface area contributed by atoms with Gasteiger partial charge in [0.05, 0.1) is 10.6 Å². The molecule has 2 aromatic carbocycles. The molecule has 2 heterocycles. The third kappa shape index (κ3) is 3.50. The van der Waals surface area contributed by atoms with E-state index in [9.17, 15) is 19.7 Å². The molecular weight excluding hydrogens is 392 g/mol. The molecule has 0 bridgehead atoms. The first-order valence-electron chi connectivity index (χ1n) is 8.54. The number of thiazole rings is 1. The van der Waals surface area contributed by atoms with Crippen molar-refractivity contribution >= 4 is 39.7 Å². The van der Waals surface area contributed by atoms with Gasteiger partial charge in [-0.1, -0.05) is 36.9 Å². The van der Waals surface area contributed by atoms with E-state index < -0.39 is 10.8 Å². The van der Waals surface area contributed by atoms with E-state index in [0.29, 0.717) is 33.2 Å². The summed E-state index contributed by atoms with van der Waals surface area (Å²) in [6.07, 6.45) is 0. The SMILES string of the molecule is C=C1c2ccccc2C(=O)N1CC(=O)Nc1nc(-c2cccc([N+](=O)[O-])c2)cs1. The first-order valence-corrected chi connectivity index (χ1v) is 9.42. The van der Waals surface area contributed by atoms with Gasteiger partial charge in [-0.25, -0.2) is 4.98 Å². The molecule has 0 spiro atoms. The van der Waals surface area contributed by atoms with Crippen LogP contribution in [-0.2, 0) is 4.79 Å². The molecule has 0 saturated carbocycles. The van der Waals surface area contributed by atoms with E-state index in [4.69, 9.17) is 0 Å². The second-order valence-corrected chi connectivity index (χ2v) is 7.14. The van der Waals surface area contributed by atoms with E-state index in [0.717, 1.165) is 0 Å². The lowest BCUT2D eigenvalue weighted by Crippen LogP contribution is -2.32. The number of aromatic nitrogens is 1. The third-order valence-corrected chi connectivity index (χ3v) is 5.20. The molecule has 0 fully saturated rings. The monoisotopic (exact) mass is 406 g/mol. The number of amides is 2. The fourth-order valence-corrected chi connectivity index (χ4v) is 3.78. The van der Waals surface area contributed by atoms with Crippen molar-refractivity contribution in [2.45, 2.75) is 0 Å². The van der Waals surface area contributed by atoms with Crippen LogP contribution < -0.4 is 5.32 Å². The largest absolute Gasteiger partial charge is 0.300 e. The lowest BCUT2D eigenvalue weighted by atomic mass is 10.1. The number of carbonyl (C=O) groups excluding carboxylic acids is 2. The zero-order valence-corrected chi connectivity index (χ0v) is 15.8. The number of anilines is 1. The maximum atomic E-state index is 12.5. The predicted molar refractivity (Wildman–Crippen MR) is 109 cm³/mol. The van der Waals surface area contributed by atoms with Gasteiger partial charge in [0, 0.05) is 39.9 Å². The Labute approximate surface area is 169 Å². The molecule has 0 radical (unpaired) electrons. The Morgan fingerprint density at radius 2 is 1.97 bits per heavy atom. The van der Waals surface area contributed by atoms with Crippen LogP contribution in [-0.4, -0.2) is 33.2 Å².